The number of rotatable bonds is 7. The minimum Gasteiger partial charge on any atom is -0.325 e. The van der Waals surface area contributed by atoms with Crippen molar-refractivity contribution in [3.8, 4) is 0 Å². The number of anilines is 2. The molecule has 32 heavy (non-hydrogen) atoms. The van der Waals surface area contributed by atoms with Gasteiger partial charge in [0.15, 0.2) is 0 Å². The van der Waals surface area contributed by atoms with Gasteiger partial charge in [-0.2, -0.15) is 0 Å². The fourth-order valence-electron chi connectivity index (χ4n) is 2.97. The molecule has 0 saturated heterocycles. The van der Waals surface area contributed by atoms with E-state index in [1.807, 2.05) is 49.4 Å². The molecule has 0 bridgehead atoms. The lowest BCUT2D eigenvalue weighted by molar-refractivity contribution is -0.115. The van der Waals surface area contributed by atoms with Crippen molar-refractivity contribution in [3.63, 3.8) is 0 Å². The zero-order valence-corrected chi connectivity index (χ0v) is 20.3. The lowest BCUT2D eigenvalue weighted by atomic mass is 10.0. The standard InChI is InChI=1S/C25H24Cl2N2O2S/c1-15(2)17-7-10-19(11-8-17)28-24(30)16(3)32-21-6-4-5-20(14-21)29-25(31)22-12-9-18(26)13-23(22)27/h4-16H,1-3H3,(H,28,30)(H,29,31). The van der Waals surface area contributed by atoms with Crippen molar-refractivity contribution in [1.29, 1.82) is 0 Å². The van der Waals surface area contributed by atoms with Gasteiger partial charge in [0.1, 0.15) is 0 Å². The molecule has 1 atom stereocenters. The number of nitrogens with one attached hydrogen (secondary N) is 2. The molecule has 3 rings (SSSR count). The summed E-state index contributed by atoms with van der Waals surface area (Å²) >= 11 is 13.4. The Labute approximate surface area is 202 Å². The predicted molar refractivity (Wildman–Crippen MR) is 135 cm³/mol. The number of carbonyl (C=O) groups is 2. The first-order chi connectivity index (χ1) is 15.2. The van der Waals surface area contributed by atoms with Gasteiger partial charge in [-0.15, -0.1) is 11.8 Å². The SMILES string of the molecule is CC(Sc1cccc(NC(=O)c2ccc(Cl)cc2Cl)c1)C(=O)Nc1ccc(C(C)C)cc1. The second kappa shape index (κ2) is 10.9. The van der Waals surface area contributed by atoms with E-state index in [1.54, 1.807) is 18.2 Å². The van der Waals surface area contributed by atoms with Crippen LogP contribution in [-0.4, -0.2) is 17.1 Å². The van der Waals surface area contributed by atoms with Crippen LogP contribution in [-0.2, 0) is 4.79 Å². The number of amides is 2. The van der Waals surface area contributed by atoms with Crippen LogP contribution in [0.1, 0.15) is 42.6 Å². The van der Waals surface area contributed by atoms with Crippen molar-refractivity contribution < 1.29 is 9.59 Å². The third kappa shape index (κ3) is 6.52. The molecule has 0 fully saturated rings. The maximum atomic E-state index is 12.6. The van der Waals surface area contributed by atoms with Gasteiger partial charge in [-0.3, -0.25) is 9.59 Å². The summed E-state index contributed by atoms with van der Waals surface area (Å²) in [6, 6.07) is 20.0. The van der Waals surface area contributed by atoms with E-state index < -0.39 is 0 Å². The van der Waals surface area contributed by atoms with Gasteiger partial charge in [-0.25, -0.2) is 0 Å². The summed E-state index contributed by atoms with van der Waals surface area (Å²) in [5.74, 6) is 0.0249. The Morgan fingerprint density at radius 3 is 2.22 bits per heavy atom. The maximum Gasteiger partial charge on any atom is 0.257 e. The first kappa shape index (κ1) is 24.2. The lowest BCUT2D eigenvalue weighted by Gasteiger charge is -2.14. The molecule has 0 aliphatic carbocycles. The summed E-state index contributed by atoms with van der Waals surface area (Å²) in [6.07, 6.45) is 0. The van der Waals surface area contributed by atoms with E-state index in [9.17, 15) is 9.59 Å². The third-order valence-corrected chi connectivity index (χ3v) is 6.44. The van der Waals surface area contributed by atoms with Gasteiger partial charge < -0.3 is 10.6 Å². The zero-order chi connectivity index (χ0) is 23.3. The molecule has 166 valence electrons. The van der Waals surface area contributed by atoms with Crippen LogP contribution in [0.5, 0.6) is 0 Å². The summed E-state index contributed by atoms with van der Waals surface area (Å²) in [4.78, 5) is 26.0. The van der Waals surface area contributed by atoms with Crippen LogP contribution in [0.15, 0.2) is 71.6 Å². The Morgan fingerprint density at radius 2 is 1.56 bits per heavy atom. The van der Waals surface area contributed by atoms with E-state index in [-0.39, 0.29) is 22.1 Å². The second-order valence-corrected chi connectivity index (χ2v) is 9.89. The molecule has 2 N–H and O–H groups in total. The van der Waals surface area contributed by atoms with Gasteiger partial charge in [0.2, 0.25) is 5.91 Å². The van der Waals surface area contributed by atoms with E-state index in [4.69, 9.17) is 23.2 Å². The number of thioether (sulfide) groups is 1. The van der Waals surface area contributed by atoms with Crippen molar-refractivity contribution in [1.82, 2.24) is 0 Å². The molecular weight excluding hydrogens is 463 g/mol. The van der Waals surface area contributed by atoms with E-state index in [2.05, 4.69) is 24.5 Å². The van der Waals surface area contributed by atoms with Gasteiger partial charge in [-0.1, -0.05) is 55.2 Å². The number of hydrogen-bond acceptors (Lipinski definition) is 3. The summed E-state index contributed by atoms with van der Waals surface area (Å²) in [6.45, 7) is 6.11. The van der Waals surface area contributed by atoms with Crippen LogP contribution in [0.4, 0.5) is 11.4 Å². The number of hydrogen-bond donors (Lipinski definition) is 2. The smallest absolute Gasteiger partial charge is 0.257 e. The monoisotopic (exact) mass is 486 g/mol. The second-order valence-electron chi connectivity index (χ2n) is 7.63. The molecule has 0 heterocycles. The molecule has 3 aromatic rings. The summed E-state index contributed by atoms with van der Waals surface area (Å²) in [5.41, 5.74) is 2.95. The zero-order valence-electron chi connectivity index (χ0n) is 18.0. The number of carbonyl (C=O) groups excluding carboxylic acids is 2. The quantitative estimate of drug-likeness (QED) is 0.340. The molecule has 1 unspecified atom stereocenters. The molecule has 7 heteroatoms. The Hall–Kier alpha value is -2.47. The largest absolute Gasteiger partial charge is 0.325 e. The molecule has 3 aromatic carbocycles. The van der Waals surface area contributed by atoms with E-state index in [1.165, 1.54) is 23.4 Å². The van der Waals surface area contributed by atoms with Crippen molar-refractivity contribution in [2.75, 3.05) is 10.6 Å². The van der Waals surface area contributed by atoms with Crippen LogP contribution in [0, 0.1) is 0 Å². The Balaban J connectivity index is 1.62. The highest BCUT2D eigenvalue weighted by Gasteiger charge is 2.16. The van der Waals surface area contributed by atoms with Crippen molar-refractivity contribution >= 4 is 58.2 Å². The third-order valence-electron chi connectivity index (χ3n) is 4.79. The van der Waals surface area contributed by atoms with Gasteiger partial charge in [0.05, 0.1) is 15.8 Å². The van der Waals surface area contributed by atoms with Crippen molar-refractivity contribution in [2.24, 2.45) is 0 Å². The van der Waals surface area contributed by atoms with Crippen LogP contribution >= 0.6 is 35.0 Å². The van der Waals surface area contributed by atoms with E-state index in [0.29, 0.717) is 22.2 Å². The van der Waals surface area contributed by atoms with Crippen LogP contribution in [0.25, 0.3) is 0 Å². The molecule has 0 spiro atoms. The molecule has 0 radical (unpaired) electrons. The van der Waals surface area contributed by atoms with E-state index >= 15 is 0 Å². The predicted octanol–water partition coefficient (Wildman–Crippen LogP) is 7.49. The fraction of sp³-hybridized carbons (Fsp3) is 0.200. The van der Waals surface area contributed by atoms with Crippen molar-refractivity contribution in [3.05, 3.63) is 87.9 Å². The fourth-order valence-corrected chi connectivity index (χ4v) is 4.39. The molecule has 2 amide bonds. The number of benzene rings is 3. The average molecular weight is 487 g/mol. The van der Waals surface area contributed by atoms with E-state index in [0.717, 1.165) is 10.6 Å². The Bertz CT molecular complexity index is 1120. The van der Waals surface area contributed by atoms with Crippen LogP contribution in [0.3, 0.4) is 0 Å². The van der Waals surface area contributed by atoms with Gasteiger partial charge >= 0.3 is 0 Å². The summed E-state index contributed by atoms with van der Waals surface area (Å²) in [7, 11) is 0. The van der Waals surface area contributed by atoms with Crippen LogP contribution in [0.2, 0.25) is 10.0 Å². The minimum atomic E-state index is -0.329. The molecule has 0 aromatic heterocycles. The van der Waals surface area contributed by atoms with Gasteiger partial charge in [0, 0.05) is 21.3 Å². The topological polar surface area (TPSA) is 58.2 Å². The molecule has 4 nitrogen and oxygen atoms in total. The number of halogens is 2. The highest BCUT2D eigenvalue weighted by molar-refractivity contribution is 8.00. The highest BCUT2D eigenvalue weighted by atomic mass is 35.5. The lowest BCUT2D eigenvalue weighted by Crippen LogP contribution is -2.22. The van der Waals surface area contributed by atoms with Crippen LogP contribution < -0.4 is 10.6 Å². The minimum absolute atomic E-state index is 0.0883. The Morgan fingerprint density at radius 1 is 0.844 bits per heavy atom. The first-order valence-electron chi connectivity index (χ1n) is 10.2. The van der Waals surface area contributed by atoms with Crippen molar-refractivity contribution in [2.45, 2.75) is 36.8 Å². The molecule has 0 aliphatic heterocycles. The van der Waals surface area contributed by atoms with Gasteiger partial charge in [0.25, 0.3) is 5.91 Å². The highest BCUT2D eigenvalue weighted by Crippen LogP contribution is 2.28. The molecule has 0 saturated carbocycles. The average Bonchev–Trinajstić information content (AvgIpc) is 2.74. The van der Waals surface area contributed by atoms with Gasteiger partial charge in [-0.05, 0) is 66.9 Å². The molecule has 0 aliphatic rings. The summed E-state index contributed by atoms with van der Waals surface area (Å²) < 4.78 is 0. The Kier molecular flexibility index (Phi) is 8.24. The molecular formula is C25H24Cl2N2O2S. The normalized spacial score (nSPS) is 11.8. The first-order valence-corrected chi connectivity index (χ1v) is 11.8. The maximum absolute atomic E-state index is 12.6. The summed E-state index contributed by atoms with van der Waals surface area (Å²) in [5, 5.41) is 6.21.